The minimum absolute atomic E-state index is 0.0512. The van der Waals surface area contributed by atoms with E-state index in [2.05, 4.69) is 16.0 Å². The van der Waals surface area contributed by atoms with Crippen molar-refractivity contribution in [1.29, 1.82) is 0 Å². The molecule has 0 bridgehead atoms. The van der Waals surface area contributed by atoms with Gasteiger partial charge >= 0.3 is 0 Å². The van der Waals surface area contributed by atoms with Crippen molar-refractivity contribution < 1.29 is 14.4 Å². The van der Waals surface area contributed by atoms with Crippen LogP contribution in [0.4, 0.5) is 17.1 Å². The van der Waals surface area contributed by atoms with Gasteiger partial charge in [-0.2, -0.15) is 0 Å². The number of carbonyl (C=O) groups is 3. The number of aryl methyl sites for hydroxylation is 2. The fraction of sp³-hybridized carbons (Fsp3) is 0.192. The van der Waals surface area contributed by atoms with Gasteiger partial charge in [0, 0.05) is 5.69 Å². The van der Waals surface area contributed by atoms with E-state index in [0.717, 1.165) is 22.5 Å². The van der Waals surface area contributed by atoms with Crippen molar-refractivity contribution in [3.63, 3.8) is 0 Å². The number of rotatable bonds is 6. The molecule has 0 fully saturated rings. The number of fused-ring (bicyclic) bond motifs is 1. The summed E-state index contributed by atoms with van der Waals surface area (Å²) in [4.78, 5) is 40.1. The maximum atomic E-state index is 13.3. The molecule has 4 rings (SSSR count). The zero-order valence-corrected chi connectivity index (χ0v) is 18.6. The molecule has 168 valence electrons. The van der Waals surface area contributed by atoms with Crippen LogP contribution in [0.5, 0.6) is 0 Å². The number of nitrogens with zero attached hydrogens (tertiary/aromatic N) is 1. The summed E-state index contributed by atoms with van der Waals surface area (Å²) in [6.45, 7) is 3.87. The lowest BCUT2D eigenvalue weighted by Gasteiger charge is -2.30. The Balaban J connectivity index is 1.54. The summed E-state index contributed by atoms with van der Waals surface area (Å²) >= 11 is 0. The monoisotopic (exact) mass is 442 g/mol. The molecular formula is C26H26N4O3. The van der Waals surface area contributed by atoms with Crippen LogP contribution in [0, 0.1) is 13.8 Å². The van der Waals surface area contributed by atoms with Gasteiger partial charge in [0.2, 0.25) is 11.8 Å². The second-order valence-corrected chi connectivity index (χ2v) is 8.09. The molecule has 1 unspecified atom stereocenters. The highest BCUT2D eigenvalue weighted by molar-refractivity contribution is 6.03. The molecule has 0 saturated heterocycles. The molecule has 1 atom stereocenters. The first-order chi connectivity index (χ1) is 15.9. The van der Waals surface area contributed by atoms with Crippen LogP contribution in [-0.2, 0) is 14.4 Å². The van der Waals surface area contributed by atoms with E-state index < -0.39 is 6.04 Å². The van der Waals surface area contributed by atoms with Gasteiger partial charge < -0.3 is 20.9 Å². The van der Waals surface area contributed by atoms with Crippen LogP contribution in [0.2, 0.25) is 0 Å². The Bertz CT molecular complexity index is 1170. The summed E-state index contributed by atoms with van der Waals surface area (Å²) in [5, 5.41) is 8.65. The first kappa shape index (κ1) is 22.1. The third-order valence-corrected chi connectivity index (χ3v) is 5.62. The fourth-order valence-corrected chi connectivity index (χ4v) is 3.98. The first-order valence-electron chi connectivity index (χ1n) is 10.8. The van der Waals surface area contributed by atoms with Gasteiger partial charge in [-0.25, -0.2) is 0 Å². The third-order valence-electron chi connectivity index (χ3n) is 5.62. The van der Waals surface area contributed by atoms with Gasteiger partial charge in [0.15, 0.2) is 0 Å². The quantitative estimate of drug-likeness (QED) is 0.545. The number of amides is 3. The number of hydrogen-bond acceptors (Lipinski definition) is 4. The van der Waals surface area contributed by atoms with Crippen molar-refractivity contribution in [3.8, 4) is 0 Å². The lowest BCUT2D eigenvalue weighted by molar-refractivity contribution is -0.126. The Morgan fingerprint density at radius 2 is 1.61 bits per heavy atom. The predicted octanol–water partition coefficient (Wildman–Crippen LogP) is 3.56. The normalized spacial score (nSPS) is 13.5. The molecule has 7 heteroatoms. The van der Waals surface area contributed by atoms with E-state index in [1.54, 1.807) is 23.1 Å². The fourth-order valence-electron chi connectivity index (χ4n) is 3.98. The minimum Gasteiger partial charge on any atom is -0.351 e. The van der Waals surface area contributed by atoms with E-state index >= 15 is 0 Å². The van der Waals surface area contributed by atoms with Gasteiger partial charge in [-0.05, 0) is 42.7 Å². The maximum Gasteiger partial charge on any atom is 0.251 e. The summed E-state index contributed by atoms with van der Waals surface area (Å²) in [7, 11) is 0. The summed E-state index contributed by atoms with van der Waals surface area (Å²) in [6.07, 6.45) is 0. The number of benzene rings is 3. The number of anilines is 3. The Hall–Kier alpha value is -4.13. The molecule has 3 amide bonds. The molecule has 0 aromatic heterocycles. The number of nitrogens with one attached hydrogen (secondary N) is 3. The molecule has 0 radical (unpaired) electrons. The molecule has 3 aromatic carbocycles. The number of para-hydroxylation sites is 3. The van der Waals surface area contributed by atoms with Crippen molar-refractivity contribution in [3.05, 3.63) is 89.5 Å². The van der Waals surface area contributed by atoms with E-state index in [0.29, 0.717) is 11.3 Å². The van der Waals surface area contributed by atoms with Crippen LogP contribution in [0.15, 0.2) is 72.8 Å². The van der Waals surface area contributed by atoms with Crippen LogP contribution >= 0.6 is 0 Å². The Kier molecular flexibility index (Phi) is 6.40. The van der Waals surface area contributed by atoms with E-state index in [1.165, 1.54) is 0 Å². The van der Waals surface area contributed by atoms with Crippen molar-refractivity contribution in [2.24, 2.45) is 0 Å². The molecule has 1 heterocycles. The van der Waals surface area contributed by atoms with Crippen LogP contribution in [0.3, 0.4) is 0 Å². The lowest BCUT2D eigenvalue weighted by Crippen LogP contribution is -2.46. The van der Waals surface area contributed by atoms with Crippen LogP contribution < -0.4 is 20.9 Å². The lowest BCUT2D eigenvalue weighted by atomic mass is 10.0. The third kappa shape index (κ3) is 5.03. The van der Waals surface area contributed by atoms with Crippen molar-refractivity contribution >= 4 is 34.8 Å². The van der Waals surface area contributed by atoms with E-state index in [1.807, 2.05) is 68.4 Å². The molecular weight excluding hydrogens is 416 g/mol. The Morgan fingerprint density at radius 1 is 0.939 bits per heavy atom. The standard InChI is InChI=1S/C26H26N4O3/c1-17-9-8-10-18(2)24(17)29-26(33)25(19-11-4-3-5-12-19)28-23(32)16-30-15-22(31)27-20-13-6-7-14-21(20)30/h3-14,25H,15-16H2,1-2H3,(H,27,31)(H,28,32)(H,29,33). The molecule has 0 saturated carbocycles. The van der Waals surface area contributed by atoms with E-state index in [9.17, 15) is 14.4 Å². The summed E-state index contributed by atoms with van der Waals surface area (Å²) < 4.78 is 0. The van der Waals surface area contributed by atoms with Gasteiger partial charge in [-0.3, -0.25) is 14.4 Å². The average Bonchev–Trinajstić information content (AvgIpc) is 2.80. The SMILES string of the molecule is Cc1cccc(C)c1NC(=O)C(NC(=O)CN1CC(=O)Nc2ccccc21)c1ccccc1. The van der Waals surface area contributed by atoms with Crippen LogP contribution in [-0.4, -0.2) is 30.8 Å². The largest absolute Gasteiger partial charge is 0.351 e. The predicted molar refractivity (Wildman–Crippen MR) is 129 cm³/mol. The Morgan fingerprint density at radius 3 is 2.33 bits per heavy atom. The van der Waals surface area contributed by atoms with Gasteiger partial charge in [0.05, 0.1) is 24.5 Å². The van der Waals surface area contributed by atoms with Crippen molar-refractivity contribution in [1.82, 2.24) is 5.32 Å². The van der Waals surface area contributed by atoms with Gasteiger partial charge in [-0.15, -0.1) is 0 Å². The van der Waals surface area contributed by atoms with Crippen molar-refractivity contribution in [2.45, 2.75) is 19.9 Å². The highest BCUT2D eigenvalue weighted by Gasteiger charge is 2.27. The molecule has 1 aliphatic rings. The molecule has 33 heavy (non-hydrogen) atoms. The average molecular weight is 443 g/mol. The van der Waals surface area contributed by atoms with Crippen molar-refractivity contribution in [2.75, 3.05) is 28.6 Å². The van der Waals surface area contributed by atoms with Gasteiger partial charge in [-0.1, -0.05) is 60.7 Å². The molecule has 7 nitrogen and oxygen atoms in total. The second-order valence-electron chi connectivity index (χ2n) is 8.09. The summed E-state index contributed by atoms with van der Waals surface area (Å²) in [5.74, 6) is -0.873. The Labute approximate surface area is 192 Å². The molecule has 3 aromatic rings. The van der Waals surface area contributed by atoms with E-state index in [4.69, 9.17) is 0 Å². The minimum atomic E-state index is -0.883. The van der Waals surface area contributed by atoms with Crippen LogP contribution in [0.1, 0.15) is 22.7 Å². The zero-order chi connectivity index (χ0) is 23.4. The molecule has 0 aliphatic carbocycles. The summed E-state index contributed by atoms with van der Waals surface area (Å²) in [5.41, 5.74) is 4.72. The smallest absolute Gasteiger partial charge is 0.251 e. The molecule has 1 aliphatic heterocycles. The maximum absolute atomic E-state index is 13.3. The van der Waals surface area contributed by atoms with Gasteiger partial charge in [0.25, 0.3) is 5.91 Å². The summed E-state index contributed by atoms with van der Waals surface area (Å²) in [6, 6.07) is 21.3. The number of carbonyl (C=O) groups excluding carboxylic acids is 3. The first-order valence-corrected chi connectivity index (χ1v) is 10.8. The molecule has 0 spiro atoms. The number of hydrogen-bond donors (Lipinski definition) is 3. The second kappa shape index (κ2) is 9.56. The van der Waals surface area contributed by atoms with Gasteiger partial charge in [0.1, 0.15) is 6.04 Å². The topological polar surface area (TPSA) is 90.5 Å². The highest BCUT2D eigenvalue weighted by Crippen LogP contribution is 2.28. The molecule has 3 N–H and O–H groups in total. The van der Waals surface area contributed by atoms with Crippen LogP contribution in [0.25, 0.3) is 0 Å². The highest BCUT2D eigenvalue weighted by atomic mass is 16.2. The van der Waals surface area contributed by atoms with E-state index in [-0.39, 0.29) is 30.8 Å². The zero-order valence-electron chi connectivity index (χ0n) is 18.6.